The molecule has 0 aliphatic carbocycles. The number of carbonyl (C=O) groups excluding carboxylic acids is 1. The van der Waals surface area contributed by atoms with E-state index in [2.05, 4.69) is 20.9 Å². The van der Waals surface area contributed by atoms with E-state index in [1.54, 1.807) is 6.07 Å². The summed E-state index contributed by atoms with van der Waals surface area (Å²) in [5, 5.41) is 9.09. The van der Waals surface area contributed by atoms with E-state index in [4.69, 9.17) is 4.74 Å². The lowest BCUT2D eigenvalue weighted by molar-refractivity contribution is -0.119. The van der Waals surface area contributed by atoms with Crippen LogP contribution in [0.5, 0.6) is 5.75 Å². The molecule has 6 nitrogen and oxygen atoms in total. The molecule has 2 aromatic rings. The van der Waals surface area contributed by atoms with Crippen LogP contribution in [0, 0.1) is 5.82 Å². The first kappa shape index (κ1) is 22.2. The van der Waals surface area contributed by atoms with E-state index in [0.29, 0.717) is 25.5 Å². The largest absolute Gasteiger partial charge is 0.491 e. The van der Waals surface area contributed by atoms with Gasteiger partial charge in [0.25, 0.3) is 0 Å². The van der Waals surface area contributed by atoms with E-state index < -0.39 is 0 Å². The second kappa shape index (κ2) is 11.7. The molecule has 2 rings (SSSR count). The van der Waals surface area contributed by atoms with Gasteiger partial charge >= 0.3 is 0 Å². The number of rotatable bonds is 9. The number of likely N-dealkylation sites (N-methyl/N-ethyl adjacent to an activating group) is 1. The summed E-state index contributed by atoms with van der Waals surface area (Å²) < 4.78 is 19.0. The molecule has 0 aromatic heterocycles. The number of halogens is 1. The Bertz CT molecular complexity index is 807. The van der Waals surface area contributed by atoms with Gasteiger partial charge in [-0.15, -0.1) is 0 Å². The molecule has 0 unspecified atom stereocenters. The first-order valence-electron chi connectivity index (χ1n) is 9.79. The normalized spacial score (nSPS) is 11.3. The Labute approximate surface area is 171 Å². The SMILES string of the molecule is CCNC(=O)CN=C(NCCc1cccc(F)c1)Nc1ccc(OC(C)C)cc1. The predicted octanol–water partition coefficient (Wildman–Crippen LogP) is 3.35. The number of ether oxygens (including phenoxy) is 1. The lowest BCUT2D eigenvalue weighted by atomic mass is 10.1. The summed E-state index contributed by atoms with van der Waals surface area (Å²) in [4.78, 5) is 16.1. The van der Waals surface area contributed by atoms with Gasteiger partial charge in [0.2, 0.25) is 5.91 Å². The Morgan fingerprint density at radius 1 is 1.14 bits per heavy atom. The molecule has 0 aliphatic heterocycles. The fraction of sp³-hybridized carbons (Fsp3) is 0.364. The highest BCUT2D eigenvalue weighted by atomic mass is 19.1. The summed E-state index contributed by atoms with van der Waals surface area (Å²) in [5.74, 6) is 0.851. The second-order valence-corrected chi connectivity index (χ2v) is 6.74. The number of benzene rings is 2. The molecule has 0 saturated heterocycles. The van der Waals surface area contributed by atoms with Crippen molar-refractivity contribution in [1.82, 2.24) is 10.6 Å². The van der Waals surface area contributed by atoms with Crippen molar-refractivity contribution in [2.75, 3.05) is 25.0 Å². The smallest absolute Gasteiger partial charge is 0.241 e. The lowest BCUT2D eigenvalue weighted by Crippen LogP contribution is -2.34. The van der Waals surface area contributed by atoms with Crippen molar-refractivity contribution in [3.05, 3.63) is 59.9 Å². The molecule has 0 radical (unpaired) electrons. The van der Waals surface area contributed by atoms with Crippen LogP contribution in [0.25, 0.3) is 0 Å². The van der Waals surface area contributed by atoms with Crippen LogP contribution in [-0.2, 0) is 11.2 Å². The number of aliphatic imine (C=N–C) groups is 1. The minimum atomic E-state index is -0.255. The molecule has 0 spiro atoms. The zero-order valence-corrected chi connectivity index (χ0v) is 17.2. The highest BCUT2D eigenvalue weighted by Gasteiger charge is 2.05. The molecule has 3 N–H and O–H groups in total. The van der Waals surface area contributed by atoms with Crippen molar-refractivity contribution in [3.63, 3.8) is 0 Å². The van der Waals surface area contributed by atoms with E-state index in [9.17, 15) is 9.18 Å². The monoisotopic (exact) mass is 400 g/mol. The van der Waals surface area contributed by atoms with E-state index in [1.807, 2.05) is 51.1 Å². The second-order valence-electron chi connectivity index (χ2n) is 6.74. The number of anilines is 1. The van der Waals surface area contributed by atoms with Crippen LogP contribution in [0.1, 0.15) is 26.3 Å². The van der Waals surface area contributed by atoms with Gasteiger partial charge in [-0.05, 0) is 69.2 Å². The summed E-state index contributed by atoms with van der Waals surface area (Å²) in [6.45, 7) is 6.92. The number of hydrogen-bond acceptors (Lipinski definition) is 3. The maximum atomic E-state index is 13.3. The third-order valence-electron chi connectivity index (χ3n) is 3.84. The number of nitrogens with one attached hydrogen (secondary N) is 3. The van der Waals surface area contributed by atoms with Crippen molar-refractivity contribution < 1.29 is 13.9 Å². The first-order valence-corrected chi connectivity index (χ1v) is 9.79. The summed E-state index contributed by atoms with van der Waals surface area (Å²) in [7, 11) is 0. The van der Waals surface area contributed by atoms with Crippen molar-refractivity contribution in [3.8, 4) is 5.75 Å². The topological polar surface area (TPSA) is 74.8 Å². The van der Waals surface area contributed by atoms with Crippen LogP contribution >= 0.6 is 0 Å². The molecule has 0 saturated carbocycles. The van der Waals surface area contributed by atoms with Crippen LogP contribution in [-0.4, -0.2) is 37.6 Å². The molecule has 0 bridgehead atoms. The molecule has 0 heterocycles. The van der Waals surface area contributed by atoms with Crippen molar-refractivity contribution in [2.24, 2.45) is 4.99 Å². The van der Waals surface area contributed by atoms with Gasteiger partial charge in [0, 0.05) is 18.8 Å². The van der Waals surface area contributed by atoms with Crippen LogP contribution in [0.2, 0.25) is 0 Å². The summed E-state index contributed by atoms with van der Waals surface area (Å²) in [5.41, 5.74) is 1.70. The molecule has 156 valence electrons. The highest BCUT2D eigenvalue weighted by molar-refractivity contribution is 5.95. The third kappa shape index (κ3) is 8.64. The van der Waals surface area contributed by atoms with E-state index >= 15 is 0 Å². The Morgan fingerprint density at radius 2 is 1.90 bits per heavy atom. The van der Waals surface area contributed by atoms with Gasteiger partial charge in [0.15, 0.2) is 5.96 Å². The quantitative estimate of drug-likeness (QED) is 0.446. The van der Waals surface area contributed by atoms with Crippen LogP contribution in [0.4, 0.5) is 10.1 Å². The first-order chi connectivity index (χ1) is 14.0. The van der Waals surface area contributed by atoms with Gasteiger partial charge < -0.3 is 20.7 Å². The Morgan fingerprint density at radius 3 is 2.55 bits per heavy atom. The maximum absolute atomic E-state index is 13.3. The van der Waals surface area contributed by atoms with Gasteiger partial charge in [-0.2, -0.15) is 0 Å². The zero-order valence-electron chi connectivity index (χ0n) is 17.2. The van der Waals surface area contributed by atoms with Gasteiger partial charge in [0.05, 0.1) is 6.10 Å². The van der Waals surface area contributed by atoms with Gasteiger partial charge in [-0.3, -0.25) is 4.79 Å². The molecule has 29 heavy (non-hydrogen) atoms. The van der Waals surface area contributed by atoms with Gasteiger partial charge in [0.1, 0.15) is 18.1 Å². The van der Waals surface area contributed by atoms with E-state index in [-0.39, 0.29) is 24.4 Å². The third-order valence-corrected chi connectivity index (χ3v) is 3.84. The van der Waals surface area contributed by atoms with Gasteiger partial charge in [-0.1, -0.05) is 12.1 Å². The highest BCUT2D eigenvalue weighted by Crippen LogP contribution is 2.16. The minimum Gasteiger partial charge on any atom is -0.491 e. The van der Waals surface area contributed by atoms with Crippen molar-refractivity contribution in [2.45, 2.75) is 33.3 Å². The molecule has 2 aromatic carbocycles. The summed E-state index contributed by atoms with van der Waals surface area (Å²) >= 11 is 0. The average molecular weight is 400 g/mol. The molecular formula is C22H29FN4O2. The molecule has 0 atom stereocenters. The molecular weight excluding hydrogens is 371 g/mol. The lowest BCUT2D eigenvalue weighted by Gasteiger charge is -2.14. The van der Waals surface area contributed by atoms with Crippen LogP contribution in [0.15, 0.2) is 53.5 Å². The average Bonchev–Trinajstić information content (AvgIpc) is 2.67. The fourth-order valence-corrected chi connectivity index (χ4v) is 2.59. The van der Waals surface area contributed by atoms with E-state index in [0.717, 1.165) is 17.0 Å². The van der Waals surface area contributed by atoms with Crippen molar-refractivity contribution >= 4 is 17.6 Å². The zero-order chi connectivity index (χ0) is 21.1. The minimum absolute atomic E-state index is 0.0116. The standard InChI is InChI=1S/C22H29FN4O2/c1-4-24-21(28)15-26-22(25-13-12-17-6-5-7-18(23)14-17)27-19-8-10-20(11-9-19)29-16(2)3/h5-11,14,16H,4,12-13,15H2,1-3H3,(H,24,28)(H2,25,26,27). The van der Waals surface area contributed by atoms with Gasteiger partial charge in [-0.25, -0.2) is 9.38 Å². The Hall–Kier alpha value is -3.09. The number of nitrogens with zero attached hydrogens (tertiary/aromatic N) is 1. The molecule has 7 heteroatoms. The number of carbonyl (C=O) groups is 1. The molecule has 0 aliphatic rings. The van der Waals surface area contributed by atoms with Crippen molar-refractivity contribution in [1.29, 1.82) is 0 Å². The van der Waals surface area contributed by atoms with E-state index in [1.165, 1.54) is 12.1 Å². The number of guanidine groups is 1. The number of amides is 1. The Balaban J connectivity index is 1.99. The number of hydrogen-bond donors (Lipinski definition) is 3. The predicted molar refractivity (Wildman–Crippen MR) is 115 cm³/mol. The summed E-state index contributed by atoms with van der Waals surface area (Å²) in [6.07, 6.45) is 0.730. The Kier molecular flexibility index (Phi) is 8.95. The molecule has 0 fully saturated rings. The molecule has 1 amide bonds. The van der Waals surface area contributed by atoms with Crippen LogP contribution in [0.3, 0.4) is 0 Å². The van der Waals surface area contributed by atoms with Crippen LogP contribution < -0.4 is 20.7 Å². The summed E-state index contributed by atoms with van der Waals surface area (Å²) in [6, 6.07) is 14.0. The fourth-order valence-electron chi connectivity index (χ4n) is 2.59. The maximum Gasteiger partial charge on any atom is 0.241 e.